The number of pyridine rings is 1. The molecule has 0 saturated heterocycles. The Morgan fingerprint density at radius 2 is 2.17 bits per heavy atom. The van der Waals surface area contributed by atoms with E-state index in [1.807, 2.05) is 23.5 Å². The predicted molar refractivity (Wildman–Crippen MR) is 76.8 cm³/mol. The molecule has 4 N–H and O–H groups in total. The van der Waals surface area contributed by atoms with E-state index in [0.717, 1.165) is 18.8 Å². The van der Waals surface area contributed by atoms with Crippen LogP contribution in [-0.2, 0) is 6.42 Å². The van der Waals surface area contributed by atoms with Crippen LogP contribution in [0.5, 0.6) is 0 Å². The van der Waals surface area contributed by atoms with Crippen molar-refractivity contribution in [2.75, 3.05) is 22.9 Å². The number of nitrogen functional groups attached to an aromatic ring is 2. The van der Waals surface area contributed by atoms with Gasteiger partial charge in [0.15, 0.2) is 0 Å². The fraction of sp³-hybridized carbons (Fsp3) is 0.308. The summed E-state index contributed by atoms with van der Waals surface area (Å²) in [5, 5.41) is 2.16. The Kier molecular flexibility index (Phi) is 2.63. The van der Waals surface area contributed by atoms with Gasteiger partial charge < -0.3 is 16.4 Å². The van der Waals surface area contributed by atoms with Crippen molar-refractivity contribution in [2.45, 2.75) is 19.4 Å². The van der Waals surface area contributed by atoms with Gasteiger partial charge >= 0.3 is 0 Å². The second-order valence-corrected chi connectivity index (χ2v) is 5.56. The monoisotopic (exact) mass is 260 g/mol. The van der Waals surface area contributed by atoms with Gasteiger partial charge in [-0.15, -0.1) is 11.3 Å². The normalized spacial score (nSPS) is 18.7. The van der Waals surface area contributed by atoms with Crippen LogP contribution in [0.3, 0.4) is 0 Å². The summed E-state index contributed by atoms with van der Waals surface area (Å²) in [6.07, 6.45) is 1.07. The number of nitrogens with zero attached hydrogens (tertiary/aromatic N) is 2. The quantitative estimate of drug-likeness (QED) is 0.826. The average molecular weight is 260 g/mol. The van der Waals surface area contributed by atoms with Crippen LogP contribution in [0.1, 0.15) is 23.4 Å². The molecule has 1 atom stereocenters. The molecular weight excluding hydrogens is 244 g/mol. The van der Waals surface area contributed by atoms with Crippen LogP contribution < -0.4 is 16.4 Å². The van der Waals surface area contributed by atoms with Gasteiger partial charge in [-0.25, -0.2) is 4.98 Å². The van der Waals surface area contributed by atoms with Gasteiger partial charge in [-0.05, 0) is 42.5 Å². The van der Waals surface area contributed by atoms with Gasteiger partial charge in [0.2, 0.25) is 0 Å². The largest absolute Gasteiger partial charge is 0.396 e. The molecule has 1 aliphatic rings. The van der Waals surface area contributed by atoms with E-state index in [4.69, 9.17) is 11.5 Å². The molecule has 1 aliphatic heterocycles. The van der Waals surface area contributed by atoms with Crippen molar-refractivity contribution in [2.24, 2.45) is 0 Å². The topological polar surface area (TPSA) is 68.2 Å². The smallest absolute Gasteiger partial charge is 0.149 e. The lowest BCUT2D eigenvalue weighted by Crippen LogP contribution is -2.33. The molecule has 18 heavy (non-hydrogen) atoms. The van der Waals surface area contributed by atoms with E-state index in [0.29, 0.717) is 17.5 Å². The van der Waals surface area contributed by atoms with Gasteiger partial charge in [0.05, 0.1) is 11.7 Å². The van der Waals surface area contributed by atoms with Crippen LogP contribution >= 0.6 is 11.3 Å². The van der Waals surface area contributed by atoms with Crippen LogP contribution in [0, 0.1) is 0 Å². The first-order chi connectivity index (χ1) is 8.66. The second-order valence-electron chi connectivity index (χ2n) is 4.56. The molecule has 0 fully saturated rings. The molecule has 4 nitrogen and oxygen atoms in total. The third-order valence-corrected chi connectivity index (χ3v) is 4.51. The molecule has 3 heterocycles. The molecule has 5 heteroatoms. The van der Waals surface area contributed by atoms with E-state index in [9.17, 15) is 0 Å². The Hall–Kier alpha value is -1.75. The summed E-state index contributed by atoms with van der Waals surface area (Å²) in [4.78, 5) is 8.16. The summed E-state index contributed by atoms with van der Waals surface area (Å²) in [7, 11) is 0. The molecule has 3 rings (SSSR count). The summed E-state index contributed by atoms with van der Waals surface area (Å²) >= 11 is 1.84. The van der Waals surface area contributed by atoms with E-state index < -0.39 is 0 Å². The molecule has 2 aromatic heterocycles. The van der Waals surface area contributed by atoms with Crippen molar-refractivity contribution < 1.29 is 0 Å². The Morgan fingerprint density at radius 1 is 1.33 bits per heavy atom. The molecule has 1 unspecified atom stereocenters. The Labute approximate surface area is 110 Å². The zero-order valence-corrected chi connectivity index (χ0v) is 11.1. The zero-order valence-electron chi connectivity index (χ0n) is 10.3. The molecular formula is C13H16N4S. The maximum absolute atomic E-state index is 5.79. The number of hydrogen-bond acceptors (Lipinski definition) is 5. The third kappa shape index (κ3) is 1.71. The summed E-state index contributed by atoms with van der Waals surface area (Å²) in [6.45, 7) is 3.18. The third-order valence-electron chi connectivity index (χ3n) is 3.51. The van der Waals surface area contributed by atoms with Crippen molar-refractivity contribution in [1.29, 1.82) is 0 Å². The average Bonchev–Trinajstić information content (AvgIpc) is 2.83. The van der Waals surface area contributed by atoms with Gasteiger partial charge in [-0.1, -0.05) is 0 Å². The number of anilines is 3. The highest BCUT2D eigenvalue weighted by Crippen LogP contribution is 2.35. The van der Waals surface area contributed by atoms with E-state index in [1.165, 1.54) is 10.4 Å². The summed E-state index contributed by atoms with van der Waals surface area (Å²) in [5.74, 6) is 1.32. The standard InChI is InChI=1S/C13H16N4S/c1-8-9-5-7-18-11(9)4-6-17(8)12-3-2-10(14)13(15)16-12/h2-3,5,7-8H,4,6,14H2,1H3,(H2,15,16). The fourth-order valence-electron chi connectivity index (χ4n) is 2.46. The number of hydrogen-bond donors (Lipinski definition) is 2. The number of fused-ring (bicyclic) bond motifs is 1. The maximum atomic E-state index is 5.79. The van der Waals surface area contributed by atoms with Gasteiger partial charge in [0.25, 0.3) is 0 Å². The van der Waals surface area contributed by atoms with Crippen LogP contribution in [0.15, 0.2) is 23.6 Å². The highest BCUT2D eigenvalue weighted by Gasteiger charge is 2.25. The van der Waals surface area contributed by atoms with Gasteiger partial charge in [-0.3, -0.25) is 0 Å². The minimum atomic E-state index is 0.343. The van der Waals surface area contributed by atoms with Gasteiger partial charge in [-0.2, -0.15) is 0 Å². The highest BCUT2D eigenvalue weighted by molar-refractivity contribution is 7.10. The lowest BCUT2D eigenvalue weighted by atomic mass is 10.0. The minimum Gasteiger partial charge on any atom is -0.396 e. The van der Waals surface area contributed by atoms with Crippen LogP contribution in [-0.4, -0.2) is 11.5 Å². The van der Waals surface area contributed by atoms with Gasteiger partial charge in [0, 0.05) is 11.4 Å². The molecule has 0 saturated carbocycles. The molecule has 94 valence electrons. The SMILES string of the molecule is CC1c2ccsc2CCN1c1ccc(N)c(N)n1. The Morgan fingerprint density at radius 3 is 2.94 bits per heavy atom. The number of nitrogens with two attached hydrogens (primary N) is 2. The predicted octanol–water partition coefficient (Wildman–Crippen LogP) is 2.43. The second kappa shape index (κ2) is 4.17. The minimum absolute atomic E-state index is 0.343. The lowest BCUT2D eigenvalue weighted by molar-refractivity contribution is 0.625. The molecule has 0 aromatic carbocycles. The summed E-state index contributed by atoms with van der Waals surface area (Å²) < 4.78 is 0. The fourth-order valence-corrected chi connectivity index (χ4v) is 3.42. The molecule has 0 bridgehead atoms. The summed E-state index contributed by atoms with van der Waals surface area (Å²) in [6, 6.07) is 6.32. The highest BCUT2D eigenvalue weighted by atomic mass is 32.1. The number of thiophene rings is 1. The summed E-state index contributed by atoms with van der Waals surface area (Å²) in [5.41, 5.74) is 13.4. The zero-order chi connectivity index (χ0) is 12.7. The van der Waals surface area contributed by atoms with E-state index >= 15 is 0 Å². The molecule has 2 aromatic rings. The van der Waals surface area contributed by atoms with Crippen molar-refractivity contribution >= 4 is 28.7 Å². The Balaban J connectivity index is 1.96. The van der Waals surface area contributed by atoms with E-state index in [-0.39, 0.29) is 0 Å². The van der Waals surface area contributed by atoms with Crippen LogP contribution in [0.4, 0.5) is 17.3 Å². The van der Waals surface area contributed by atoms with Crippen molar-refractivity contribution in [3.8, 4) is 0 Å². The molecule has 0 amide bonds. The van der Waals surface area contributed by atoms with Crippen LogP contribution in [0.2, 0.25) is 0 Å². The first-order valence-corrected chi connectivity index (χ1v) is 6.89. The first-order valence-electron chi connectivity index (χ1n) is 6.01. The number of rotatable bonds is 1. The van der Waals surface area contributed by atoms with Crippen molar-refractivity contribution in [1.82, 2.24) is 4.98 Å². The maximum Gasteiger partial charge on any atom is 0.149 e. The van der Waals surface area contributed by atoms with Crippen molar-refractivity contribution in [3.05, 3.63) is 34.0 Å². The Bertz CT molecular complexity index is 578. The van der Waals surface area contributed by atoms with Gasteiger partial charge in [0.1, 0.15) is 11.6 Å². The first kappa shape index (κ1) is 11.3. The van der Waals surface area contributed by atoms with Crippen LogP contribution in [0.25, 0.3) is 0 Å². The van der Waals surface area contributed by atoms with E-state index in [2.05, 4.69) is 28.3 Å². The van der Waals surface area contributed by atoms with E-state index in [1.54, 1.807) is 0 Å². The number of aromatic nitrogens is 1. The molecule has 0 radical (unpaired) electrons. The lowest BCUT2D eigenvalue weighted by Gasteiger charge is -2.34. The van der Waals surface area contributed by atoms with Crippen molar-refractivity contribution in [3.63, 3.8) is 0 Å². The molecule has 0 spiro atoms. The molecule has 0 aliphatic carbocycles.